The summed E-state index contributed by atoms with van der Waals surface area (Å²) in [5, 5.41) is 14.7. The minimum absolute atomic E-state index is 0.123. The number of carbonyl (C=O) groups excluding carboxylic acids is 1. The van der Waals surface area contributed by atoms with Gasteiger partial charge in [0.25, 0.3) is 0 Å². The van der Waals surface area contributed by atoms with E-state index in [1.54, 1.807) is 30.6 Å². The Morgan fingerprint density at radius 2 is 2.19 bits per heavy atom. The smallest absolute Gasteiger partial charge is 0.422 e. The van der Waals surface area contributed by atoms with E-state index in [0.717, 1.165) is 10.8 Å². The van der Waals surface area contributed by atoms with Gasteiger partial charge in [0.05, 0.1) is 11.6 Å². The number of fused-ring (bicyclic) bond motifs is 2. The first-order chi connectivity index (χ1) is 12.7. The van der Waals surface area contributed by atoms with E-state index in [4.69, 9.17) is 10.5 Å². The summed E-state index contributed by atoms with van der Waals surface area (Å²) in [4.78, 5) is 16.9. The summed E-state index contributed by atoms with van der Waals surface area (Å²) in [5.41, 5.74) is 11.1. The summed E-state index contributed by atoms with van der Waals surface area (Å²) < 4.78 is 5.03. The van der Waals surface area contributed by atoms with E-state index in [0.29, 0.717) is 22.4 Å². The predicted octanol–water partition coefficient (Wildman–Crippen LogP) is 0.960. The van der Waals surface area contributed by atoms with Crippen LogP contribution in [0, 0.1) is 0 Å². The first-order valence-electron chi connectivity index (χ1n) is 8.24. The molecule has 1 atom stereocenters. The lowest BCUT2D eigenvalue weighted by molar-refractivity contribution is -0.117. The number of rotatable bonds is 4. The Bertz CT molecular complexity index is 982. The molecular weight excluding hydrogens is 331 g/mol. The van der Waals surface area contributed by atoms with Crippen LogP contribution in [0.5, 0.6) is 0 Å². The Morgan fingerprint density at radius 1 is 1.31 bits per heavy atom. The quantitative estimate of drug-likeness (QED) is 0.523. The number of anilines is 2. The maximum Gasteiger partial charge on any atom is 0.516 e. The van der Waals surface area contributed by atoms with Gasteiger partial charge in [-0.15, -0.1) is 0 Å². The Hall–Kier alpha value is -2.94. The molecule has 26 heavy (non-hydrogen) atoms. The van der Waals surface area contributed by atoms with Crippen molar-refractivity contribution in [2.24, 2.45) is 5.73 Å². The molecule has 2 heterocycles. The van der Waals surface area contributed by atoms with Crippen molar-refractivity contribution in [2.75, 3.05) is 17.3 Å². The van der Waals surface area contributed by atoms with Crippen LogP contribution in [0.1, 0.15) is 11.5 Å². The Morgan fingerprint density at radius 3 is 3.04 bits per heavy atom. The number of benzene rings is 2. The molecule has 130 valence electrons. The highest BCUT2D eigenvalue weighted by Crippen LogP contribution is 2.27. The minimum atomic E-state index is -1.06. The van der Waals surface area contributed by atoms with Crippen molar-refractivity contribution < 1.29 is 14.6 Å². The average molecular weight is 348 g/mol. The molecule has 5 N–H and O–H groups in total. The molecule has 3 aromatic rings. The summed E-state index contributed by atoms with van der Waals surface area (Å²) in [7, 11) is -1.06. The van der Waals surface area contributed by atoms with Crippen LogP contribution in [-0.2, 0) is 9.55 Å². The van der Waals surface area contributed by atoms with Crippen LogP contribution in [0.3, 0.4) is 0 Å². The van der Waals surface area contributed by atoms with Gasteiger partial charge in [0.1, 0.15) is 0 Å². The van der Waals surface area contributed by atoms with Crippen LogP contribution < -0.4 is 22.0 Å². The number of aromatic nitrogens is 1. The van der Waals surface area contributed by atoms with Gasteiger partial charge in [-0.3, -0.25) is 20.0 Å². The second-order valence-corrected chi connectivity index (χ2v) is 6.10. The lowest BCUT2D eigenvalue weighted by Crippen LogP contribution is -2.30. The van der Waals surface area contributed by atoms with Gasteiger partial charge >= 0.3 is 7.12 Å². The molecule has 1 aliphatic heterocycles. The van der Waals surface area contributed by atoms with Crippen LogP contribution in [0.4, 0.5) is 11.4 Å². The molecule has 0 aliphatic carbocycles. The first-order valence-corrected chi connectivity index (χ1v) is 8.24. The van der Waals surface area contributed by atoms with Crippen LogP contribution in [0.15, 0.2) is 54.9 Å². The summed E-state index contributed by atoms with van der Waals surface area (Å²) in [6, 6.07) is 12.8. The van der Waals surface area contributed by atoms with E-state index in [-0.39, 0.29) is 12.5 Å². The van der Waals surface area contributed by atoms with Crippen LogP contribution in [0.25, 0.3) is 10.8 Å². The van der Waals surface area contributed by atoms with Crippen molar-refractivity contribution >= 4 is 40.6 Å². The topological polar surface area (TPSA) is 110 Å². The van der Waals surface area contributed by atoms with Gasteiger partial charge in [-0.05, 0) is 29.1 Å². The van der Waals surface area contributed by atoms with Gasteiger partial charge in [0, 0.05) is 35.5 Å². The number of nitrogens with zero attached hydrogens (tertiary/aromatic N) is 1. The van der Waals surface area contributed by atoms with E-state index in [9.17, 15) is 9.82 Å². The number of pyridine rings is 1. The molecule has 1 amide bonds. The van der Waals surface area contributed by atoms with Crippen molar-refractivity contribution in [2.45, 2.75) is 5.92 Å². The van der Waals surface area contributed by atoms with Crippen molar-refractivity contribution in [1.29, 1.82) is 0 Å². The lowest BCUT2D eigenvalue weighted by atomic mass is 9.77. The van der Waals surface area contributed by atoms with Crippen molar-refractivity contribution in [3.05, 3.63) is 60.4 Å². The molecule has 0 bridgehead atoms. The van der Waals surface area contributed by atoms with Gasteiger partial charge in [-0.1, -0.05) is 24.3 Å². The number of hydrogen-bond acceptors (Lipinski definition) is 6. The van der Waals surface area contributed by atoms with Crippen molar-refractivity contribution in [1.82, 2.24) is 4.98 Å². The number of hydrogen-bond donors (Lipinski definition) is 4. The van der Waals surface area contributed by atoms with E-state index in [2.05, 4.69) is 15.8 Å². The second kappa shape index (κ2) is 6.76. The number of nitrogens with two attached hydrogens (primary N) is 1. The van der Waals surface area contributed by atoms with E-state index in [1.807, 2.05) is 24.3 Å². The van der Waals surface area contributed by atoms with Gasteiger partial charge in [-0.2, -0.15) is 0 Å². The van der Waals surface area contributed by atoms with Crippen molar-refractivity contribution in [3.63, 3.8) is 0 Å². The predicted molar refractivity (Wildman–Crippen MR) is 101 cm³/mol. The minimum Gasteiger partial charge on any atom is -0.422 e. The van der Waals surface area contributed by atoms with Gasteiger partial charge in [-0.25, -0.2) is 0 Å². The maximum absolute atomic E-state index is 12.8. The summed E-state index contributed by atoms with van der Waals surface area (Å²) in [5.74, 6) is -0.808. The highest BCUT2D eigenvalue weighted by atomic mass is 16.7. The third-order valence-electron chi connectivity index (χ3n) is 4.50. The third kappa shape index (κ3) is 2.90. The largest absolute Gasteiger partial charge is 0.516 e. The fourth-order valence-electron chi connectivity index (χ4n) is 3.15. The lowest BCUT2D eigenvalue weighted by Gasteiger charge is -2.18. The number of carbonyl (C=O) groups is 1. The summed E-state index contributed by atoms with van der Waals surface area (Å²) >= 11 is 0. The van der Waals surface area contributed by atoms with Crippen LogP contribution >= 0.6 is 0 Å². The molecule has 1 aliphatic rings. The molecule has 1 aromatic heterocycles. The Kier molecular flexibility index (Phi) is 4.30. The SMILES string of the molecule is NCC(C(=O)Nc1ccc2cnccc2c1)c1cccc2c1NOB2O. The first kappa shape index (κ1) is 16.5. The van der Waals surface area contributed by atoms with Gasteiger partial charge in [0.2, 0.25) is 5.91 Å². The zero-order chi connectivity index (χ0) is 18.1. The van der Waals surface area contributed by atoms with E-state index in [1.165, 1.54) is 0 Å². The summed E-state index contributed by atoms with van der Waals surface area (Å²) in [6.45, 7) is 0.123. The molecule has 0 saturated heterocycles. The fourth-order valence-corrected chi connectivity index (χ4v) is 3.15. The fraction of sp³-hybridized carbons (Fsp3) is 0.111. The molecule has 0 saturated carbocycles. The zero-order valence-corrected chi connectivity index (χ0v) is 13.8. The van der Waals surface area contributed by atoms with Gasteiger partial charge < -0.3 is 16.1 Å². The Balaban J connectivity index is 1.62. The van der Waals surface area contributed by atoms with Crippen molar-refractivity contribution in [3.8, 4) is 0 Å². The highest BCUT2D eigenvalue weighted by molar-refractivity contribution is 6.63. The summed E-state index contributed by atoms with van der Waals surface area (Å²) in [6.07, 6.45) is 3.48. The number of nitrogens with one attached hydrogen (secondary N) is 2. The van der Waals surface area contributed by atoms with Crippen LogP contribution in [-0.4, -0.2) is 29.6 Å². The molecule has 0 spiro atoms. The molecule has 0 radical (unpaired) electrons. The van der Waals surface area contributed by atoms with E-state index >= 15 is 0 Å². The highest BCUT2D eigenvalue weighted by Gasteiger charge is 2.33. The maximum atomic E-state index is 12.8. The molecule has 0 fully saturated rings. The monoisotopic (exact) mass is 348 g/mol. The van der Waals surface area contributed by atoms with E-state index < -0.39 is 13.0 Å². The third-order valence-corrected chi connectivity index (χ3v) is 4.50. The molecular formula is C18H17BN4O3. The Labute approximate surface area is 150 Å². The number of amides is 1. The second-order valence-electron chi connectivity index (χ2n) is 6.10. The van der Waals surface area contributed by atoms with Crippen LogP contribution in [0.2, 0.25) is 0 Å². The standard InChI is InChI=1S/C18H17BN4O3/c20-9-15(14-2-1-3-16-17(14)23-26-19(16)25)18(24)22-13-5-4-12-10-21-7-6-11(12)8-13/h1-8,10,15,23,25H,9,20H2,(H,22,24). The molecule has 8 heteroatoms. The molecule has 2 aromatic carbocycles. The zero-order valence-electron chi connectivity index (χ0n) is 13.8. The molecule has 7 nitrogen and oxygen atoms in total. The van der Waals surface area contributed by atoms with Gasteiger partial charge in [0.15, 0.2) is 0 Å². The number of para-hydroxylation sites is 1. The average Bonchev–Trinajstić information content (AvgIpc) is 3.04. The molecule has 1 unspecified atom stereocenters. The molecule has 4 rings (SSSR count). The normalized spacial score (nSPS) is 14.0.